The topological polar surface area (TPSA) is 69.7 Å². The van der Waals surface area contributed by atoms with Gasteiger partial charge in [-0.3, -0.25) is 14.4 Å². The zero-order valence-corrected chi connectivity index (χ0v) is 14.9. The van der Waals surface area contributed by atoms with E-state index < -0.39 is 0 Å². The van der Waals surface area contributed by atoms with Gasteiger partial charge in [0.05, 0.1) is 0 Å². The summed E-state index contributed by atoms with van der Waals surface area (Å²) in [6.45, 7) is 6.29. The van der Waals surface area contributed by atoms with Crippen LogP contribution in [0.3, 0.4) is 0 Å². The molecule has 0 bridgehead atoms. The predicted molar refractivity (Wildman–Crippen MR) is 99.7 cm³/mol. The van der Waals surface area contributed by atoms with Crippen LogP contribution in [0.1, 0.15) is 36.0 Å². The summed E-state index contributed by atoms with van der Waals surface area (Å²) < 4.78 is 0. The minimum atomic E-state index is -0.102. The van der Waals surface area contributed by atoms with E-state index in [1.54, 1.807) is 29.2 Å². The average Bonchev–Trinajstić information content (AvgIpc) is 3.22. The third-order valence-electron chi connectivity index (χ3n) is 5.14. The first kappa shape index (κ1) is 18.2. The van der Waals surface area contributed by atoms with Gasteiger partial charge in [-0.2, -0.15) is 0 Å². The number of benzene rings is 1. The molecule has 2 aliphatic rings. The van der Waals surface area contributed by atoms with Crippen LogP contribution >= 0.6 is 0 Å². The van der Waals surface area contributed by atoms with E-state index in [1.165, 1.54) is 6.08 Å². The highest BCUT2D eigenvalue weighted by Gasteiger charge is 2.26. The van der Waals surface area contributed by atoms with Crippen molar-refractivity contribution in [2.75, 3.05) is 31.5 Å². The second-order valence-corrected chi connectivity index (χ2v) is 6.87. The molecule has 2 saturated heterocycles. The highest BCUT2D eigenvalue weighted by molar-refractivity contribution is 5.96. The fourth-order valence-corrected chi connectivity index (χ4v) is 3.53. The molecule has 3 rings (SSSR count). The second kappa shape index (κ2) is 8.17. The van der Waals surface area contributed by atoms with Crippen LogP contribution in [0.5, 0.6) is 0 Å². The molecule has 6 heteroatoms. The van der Waals surface area contributed by atoms with E-state index in [2.05, 4.69) is 11.9 Å². The van der Waals surface area contributed by atoms with Gasteiger partial charge in [0.1, 0.15) is 0 Å². The van der Waals surface area contributed by atoms with Crippen molar-refractivity contribution in [2.45, 2.75) is 25.7 Å². The molecule has 2 aliphatic heterocycles. The summed E-state index contributed by atoms with van der Waals surface area (Å²) in [6, 6.07) is 7.08. The predicted octanol–water partition coefficient (Wildman–Crippen LogP) is 2.29. The third-order valence-corrected chi connectivity index (χ3v) is 5.14. The van der Waals surface area contributed by atoms with Crippen molar-refractivity contribution in [3.05, 3.63) is 42.5 Å². The fourth-order valence-electron chi connectivity index (χ4n) is 3.53. The molecule has 6 nitrogen and oxygen atoms in total. The van der Waals surface area contributed by atoms with Crippen LogP contribution in [0.2, 0.25) is 0 Å². The van der Waals surface area contributed by atoms with Gasteiger partial charge >= 0.3 is 0 Å². The SMILES string of the molecule is C=CC(=O)N1CCC(C(=O)Nc2ccc(C(=O)N3CCCC3)cc2)CC1. The van der Waals surface area contributed by atoms with E-state index in [0.717, 1.165) is 25.9 Å². The first-order valence-electron chi connectivity index (χ1n) is 9.20. The number of carbonyl (C=O) groups is 3. The molecule has 1 aromatic carbocycles. The molecule has 2 fully saturated rings. The number of nitrogens with one attached hydrogen (secondary N) is 1. The largest absolute Gasteiger partial charge is 0.339 e. The summed E-state index contributed by atoms with van der Waals surface area (Å²) in [6.07, 6.45) is 4.74. The summed E-state index contributed by atoms with van der Waals surface area (Å²) in [5.74, 6) is -0.161. The number of rotatable bonds is 4. The van der Waals surface area contributed by atoms with Crippen molar-refractivity contribution < 1.29 is 14.4 Å². The van der Waals surface area contributed by atoms with Gasteiger partial charge in [-0.25, -0.2) is 0 Å². The van der Waals surface area contributed by atoms with Crippen LogP contribution in [-0.2, 0) is 9.59 Å². The van der Waals surface area contributed by atoms with Crippen molar-refractivity contribution in [2.24, 2.45) is 5.92 Å². The maximum absolute atomic E-state index is 12.4. The quantitative estimate of drug-likeness (QED) is 0.843. The minimum Gasteiger partial charge on any atom is -0.339 e. The lowest BCUT2D eigenvalue weighted by Crippen LogP contribution is -2.40. The Morgan fingerprint density at radius 1 is 0.962 bits per heavy atom. The Hall–Kier alpha value is -2.63. The standard InChI is InChI=1S/C20H25N3O3/c1-2-18(24)22-13-9-15(10-14-22)19(25)21-17-7-5-16(6-8-17)20(26)23-11-3-4-12-23/h2,5-8,15H,1,3-4,9-14H2,(H,21,25). The number of anilines is 1. The van der Waals surface area contributed by atoms with Gasteiger partial charge in [-0.1, -0.05) is 6.58 Å². The van der Waals surface area contributed by atoms with E-state index in [4.69, 9.17) is 0 Å². The van der Waals surface area contributed by atoms with E-state index in [-0.39, 0.29) is 23.6 Å². The van der Waals surface area contributed by atoms with Gasteiger partial charge < -0.3 is 15.1 Å². The lowest BCUT2D eigenvalue weighted by atomic mass is 9.95. The number of amides is 3. The number of likely N-dealkylation sites (tertiary alicyclic amines) is 2. The number of hydrogen-bond donors (Lipinski definition) is 1. The summed E-state index contributed by atoms with van der Waals surface area (Å²) in [7, 11) is 0. The molecule has 0 aliphatic carbocycles. The number of nitrogens with zero attached hydrogens (tertiary/aromatic N) is 2. The van der Waals surface area contributed by atoms with Crippen LogP contribution in [0.15, 0.2) is 36.9 Å². The monoisotopic (exact) mass is 355 g/mol. The Morgan fingerprint density at radius 3 is 2.15 bits per heavy atom. The Bertz CT molecular complexity index is 685. The Kier molecular flexibility index (Phi) is 5.71. The highest BCUT2D eigenvalue weighted by Crippen LogP contribution is 2.21. The maximum Gasteiger partial charge on any atom is 0.253 e. The minimum absolute atomic E-state index is 0.0330. The molecule has 0 radical (unpaired) electrons. The van der Waals surface area contributed by atoms with Crippen molar-refractivity contribution in [3.8, 4) is 0 Å². The van der Waals surface area contributed by atoms with E-state index in [1.807, 2.05) is 4.90 Å². The molecule has 1 N–H and O–H groups in total. The smallest absolute Gasteiger partial charge is 0.253 e. The fraction of sp³-hybridized carbons (Fsp3) is 0.450. The van der Waals surface area contributed by atoms with Crippen LogP contribution in [-0.4, -0.2) is 53.7 Å². The highest BCUT2D eigenvalue weighted by atomic mass is 16.2. The van der Waals surface area contributed by atoms with Crippen molar-refractivity contribution in [1.82, 2.24) is 9.80 Å². The van der Waals surface area contributed by atoms with E-state index in [9.17, 15) is 14.4 Å². The number of carbonyl (C=O) groups excluding carboxylic acids is 3. The van der Waals surface area contributed by atoms with Crippen LogP contribution in [0.25, 0.3) is 0 Å². The molecule has 0 aromatic heterocycles. The molecule has 138 valence electrons. The zero-order chi connectivity index (χ0) is 18.5. The lowest BCUT2D eigenvalue weighted by molar-refractivity contribution is -0.130. The molecular formula is C20H25N3O3. The van der Waals surface area contributed by atoms with Crippen molar-refractivity contribution >= 4 is 23.4 Å². The summed E-state index contributed by atoms with van der Waals surface area (Å²) in [5.41, 5.74) is 1.35. The first-order valence-corrected chi connectivity index (χ1v) is 9.20. The van der Waals surface area contributed by atoms with Gasteiger partial charge in [-0.15, -0.1) is 0 Å². The Balaban J connectivity index is 1.52. The molecular weight excluding hydrogens is 330 g/mol. The van der Waals surface area contributed by atoms with E-state index >= 15 is 0 Å². The second-order valence-electron chi connectivity index (χ2n) is 6.87. The van der Waals surface area contributed by atoms with Gasteiger partial charge in [0.15, 0.2) is 0 Å². The molecule has 2 heterocycles. The first-order chi connectivity index (χ1) is 12.6. The van der Waals surface area contributed by atoms with E-state index in [0.29, 0.717) is 37.2 Å². The van der Waals surface area contributed by atoms with Crippen molar-refractivity contribution in [3.63, 3.8) is 0 Å². The van der Waals surface area contributed by atoms with Gasteiger partial charge in [0.25, 0.3) is 5.91 Å². The summed E-state index contributed by atoms with van der Waals surface area (Å²) in [5, 5.41) is 2.92. The molecule has 1 aromatic rings. The summed E-state index contributed by atoms with van der Waals surface area (Å²) in [4.78, 5) is 39.9. The molecule has 26 heavy (non-hydrogen) atoms. The molecule has 3 amide bonds. The van der Waals surface area contributed by atoms with Crippen LogP contribution in [0.4, 0.5) is 5.69 Å². The maximum atomic E-state index is 12.4. The normalized spacial score (nSPS) is 17.8. The number of hydrogen-bond acceptors (Lipinski definition) is 3. The molecule has 0 atom stereocenters. The Morgan fingerprint density at radius 2 is 1.58 bits per heavy atom. The molecule has 0 saturated carbocycles. The van der Waals surface area contributed by atoms with Crippen LogP contribution in [0, 0.1) is 5.92 Å². The summed E-state index contributed by atoms with van der Waals surface area (Å²) >= 11 is 0. The number of piperidine rings is 1. The molecule has 0 unspecified atom stereocenters. The van der Waals surface area contributed by atoms with Gasteiger partial charge in [0, 0.05) is 43.3 Å². The zero-order valence-electron chi connectivity index (χ0n) is 14.9. The van der Waals surface area contributed by atoms with Gasteiger partial charge in [0.2, 0.25) is 11.8 Å². The van der Waals surface area contributed by atoms with Crippen molar-refractivity contribution in [1.29, 1.82) is 0 Å². The van der Waals surface area contributed by atoms with Crippen LogP contribution < -0.4 is 5.32 Å². The third kappa shape index (κ3) is 4.12. The average molecular weight is 355 g/mol. The molecule has 0 spiro atoms. The Labute approximate surface area is 153 Å². The lowest BCUT2D eigenvalue weighted by Gasteiger charge is -2.30. The van der Waals surface area contributed by atoms with Gasteiger partial charge in [-0.05, 0) is 56.0 Å².